The van der Waals surface area contributed by atoms with E-state index in [0.29, 0.717) is 34.6 Å². The quantitative estimate of drug-likeness (QED) is 0.573. The molecule has 5 rings (SSSR count). The molecule has 1 unspecified atom stereocenters. The fourth-order valence-electron chi connectivity index (χ4n) is 3.86. The van der Waals surface area contributed by atoms with Gasteiger partial charge in [-0.1, -0.05) is 22.9 Å². The predicted molar refractivity (Wildman–Crippen MR) is 122 cm³/mol. The van der Waals surface area contributed by atoms with E-state index in [9.17, 15) is 13.2 Å². The average Bonchev–Trinajstić information content (AvgIpc) is 3.26. The third kappa shape index (κ3) is 4.45. The van der Waals surface area contributed by atoms with Crippen LogP contribution in [0.1, 0.15) is 12.8 Å². The molecule has 2 aliphatic heterocycles. The lowest BCUT2D eigenvalue weighted by Gasteiger charge is -2.29. The molecule has 0 saturated carbocycles. The summed E-state index contributed by atoms with van der Waals surface area (Å²) in [7, 11) is -3.53. The summed E-state index contributed by atoms with van der Waals surface area (Å²) in [5, 5.41) is 4.70. The third-order valence-corrected chi connectivity index (χ3v) is 7.32. The molecule has 10 nitrogen and oxygen atoms in total. The van der Waals surface area contributed by atoms with Crippen molar-refractivity contribution in [2.24, 2.45) is 11.0 Å². The highest BCUT2D eigenvalue weighted by atomic mass is 32.2. The van der Waals surface area contributed by atoms with Gasteiger partial charge in [0.05, 0.1) is 27.9 Å². The number of pyridine rings is 1. The second kappa shape index (κ2) is 8.68. The molecule has 3 aromatic rings. The molecule has 1 N–H and O–H groups in total. The number of allylic oxidation sites excluding steroid dienone is 1. The monoisotopic (exact) mass is 465 g/mol. The summed E-state index contributed by atoms with van der Waals surface area (Å²) >= 11 is 0. The maximum absolute atomic E-state index is 12.9. The molecule has 1 fully saturated rings. The number of nitrogens with zero attached hydrogens (tertiary/aromatic N) is 5. The number of piperidine rings is 1. The van der Waals surface area contributed by atoms with Crippen molar-refractivity contribution in [1.29, 1.82) is 0 Å². The number of hydrogen-bond acceptors (Lipinski definition) is 7. The van der Waals surface area contributed by atoms with E-state index in [2.05, 4.69) is 20.1 Å². The molecule has 2 aliphatic rings. The molecule has 1 aromatic carbocycles. The number of hydrogen-bond donors (Lipinski definition) is 1. The highest BCUT2D eigenvalue weighted by Crippen LogP contribution is 2.23. The molecule has 11 heteroatoms. The fourth-order valence-corrected chi connectivity index (χ4v) is 5.41. The van der Waals surface area contributed by atoms with Gasteiger partial charge in [-0.25, -0.2) is 8.42 Å². The number of aromatic nitrogens is 3. The number of rotatable bonds is 5. The lowest BCUT2D eigenvalue weighted by Crippen LogP contribution is -2.40. The van der Waals surface area contributed by atoms with Gasteiger partial charge < -0.3 is 4.74 Å². The summed E-state index contributed by atoms with van der Waals surface area (Å²) in [5.74, 6) is 0.386. The Morgan fingerprint density at radius 1 is 1.21 bits per heavy atom. The largest absolute Gasteiger partial charge is 0.417 e. The minimum absolute atomic E-state index is 0.00494. The first kappa shape index (κ1) is 21.2. The Morgan fingerprint density at radius 2 is 2.06 bits per heavy atom. The van der Waals surface area contributed by atoms with Crippen LogP contribution in [0.15, 0.2) is 75.5 Å². The van der Waals surface area contributed by atoms with Gasteiger partial charge in [-0.3, -0.25) is 14.8 Å². The number of fused-ring (bicyclic) bond motifs is 1. The summed E-state index contributed by atoms with van der Waals surface area (Å²) in [6.07, 6.45) is 9.66. The summed E-state index contributed by atoms with van der Waals surface area (Å²) in [5.41, 5.74) is 0.107. The van der Waals surface area contributed by atoms with Gasteiger partial charge in [-0.05, 0) is 31.0 Å². The van der Waals surface area contributed by atoms with Crippen LogP contribution in [0.2, 0.25) is 0 Å². The lowest BCUT2D eigenvalue weighted by molar-refractivity contribution is -0.455. The molecule has 4 heterocycles. The van der Waals surface area contributed by atoms with Gasteiger partial charge in [0, 0.05) is 24.4 Å². The summed E-state index contributed by atoms with van der Waals surface area (Å²) in [6.45, 7) is 0.866. The molecule has 0 amide bonds. The highest BCUT2D eigenvalue weighted by molar-refractivity contribution is 7.89. The van der Waals surface area contributed by atoms with Crippen LogP contribution in [0.3, 0.4) is 0 Å². The van der Waals surface area contributed by atoms with Gasteiger partial charge in [0.25, 0.3) is 5.56 Å². The van der Waals surface area contributed by atoms with E-state index in [1.165, 1.54) is 22.9 Å². The topological polar surface area (TPSA) is 121 Å². The zero-order valence-corrected chi connectivity index (χ0v) is 18.4. The Labute approximate surface area is 189 Å². The highest BCUT2D eigenvalue weighted by Gasteiger charge is 2.31. The number of aromatic amines is 1. The van der Waals surface area contributed by atoms with Crippen molar-refractivity contribution in [1.82, 2.24) is 19.3 Å². The Bertz CT molecular complexity index is 1450. The van der Waals surface area contributed by atoms with E-state index in [1.54, 1.807) is 47.3 Å². The molecule has 1 saturated heterocycles. The molecule has 33 heavy (non-hydrogen) atoms. The van der Waals surface area contributed by atoms with E-state index in [1.807, 2.05) is 6.21 Å². The zero-order chi connectivity index (χ0) is 22.8. The van der Waals surface area contributed by atoms with E-state index in [4.69, 9.17) is 4.74 Å². The van der Waals surface area contributed by atoms with Crippen LogP contribution in [0.4, 0.5) is 0 Å². The van der Waals surface area contributed by atoms with Crippen molar-refractivity contribution in [2.75, 3.05) is 13.1 Å². The number of nitrogens with one attached hydrogen (secondary N) is 1. The van der Waals surface area contributed by atoms with Gasteiger partial charge >= 0.3 is 6.01 Å². The SMILES string of the molecule is O=c1[nH]c(OC2=C[N+](=CC3CCCN(S(=O)(=O)c4ccccc4)C3)N=C2)nc2cnccc12. The van der Waals surface area contributed by atoms with Crippen molar-refractivity contribution in [3.8, 4) is 6.01 Å². The van der Waals surface area contributed by atoms with Crippen molar-refractivity contribution in [2.45, 2.75) is 17.7 Å². The van der Waals surface area contributed by atoms with Crippen LogP contribution in [-0.4, -0.2) is 57.9 Å². The molecule has 0 spiro atoms. The van der Waals surface area contributed by atoms with Gasteiger partial charge in [0.1, 0.15) is 6.21 Å². The smallest absolute Gasteiger partial charge is 0.302 e. The van der Waals surface area contributed by atoms with Crippen molar-refractivity contribution in [3.05, 3.63) is 71.1 Å². The molecular weight excluding hydrogens is 444 g/mol. The first-order chi connectivity index (χ1) is 16.0. The van der Waals surface area contributed by atoms with Gasteiger partial charge in [0.15, 0.2) is 6.21 Å². The maximum atomic E-state index is 12.9. The Hall–Kier alpha value is -3.70. The number of ether oxygens (including phenoxy) is 1. The maximum Gasteiger partial charge on any atom is 0.302 e. The van der Waals surface area contributed by atoms with Crippen LogP contribution in [0.25, 0.3) is 10.9 Å². The van der Waals surface area contributed by atoms with E-state index >= 15 is 0 Å². The minimum atomic E-state index is -3.53. The van der Waals surface area contributed by atoms with Crippen LogP contribution in [-0.2, 0) is 10.0 Å². The molecule has 2 aromatic heterocycles. The normalized spacial score (nSPS) is 20.3. The summed E-state index contributed by atoms with van der Waals surface area (Å²) in [6, 6.07) is 10.1. The predicted octanol–water partition coefficient (Wildman–Crippen LogP) is 1.72. The number of benzene rings is 1. The third-order valence-electron chi connectivity index (χ3n) is 5.44. The number of H-pyrrole nitrogens is 1. The number of hydrazone groups is 1. The lowest BCUT2D eigenvalue weighted by atomic mass is 10.0. The Balaban J connectivity index is 1.30. The fraction of sp³-hybridized carbons (Fsp3) is 0.227. The molecule has 0 radical (unpaired) electrons. The molecule has 0 aliphatic carbocycles. The van der Waals surface area contributed by atoms with Crippen LogP contribution in [0.5, 0.6) is 6.01 Å². The van der Waals surface area contributed by atoms with Crippen molar-refractivity contribution >= 4 is 33.4 Å². The van der Waals surface area contributed by atoms with Crippen LogP contribution < -0.4 is 10.3 Å². The molecule has 168 valence electrons. The Kier molecular flexibility index (Phi) is 5.56. The van der Waals surface area contributed by atoms with E-state index < -0.39 is 10.0 Å². The number of sulfonamides is 1. The summed E-state index contributed by atoms with van der Waals surface area (Å²) in [4.78, 5) is 23.3. The summed E-state index contributed by atoms with van der Waals surface area (Å²) < 4.78 is 34.7. The first-order valence-electron chi connectivity index (χ1n) is 10.5. The van der Waals surface area contributed by atoms with Crippen molar-refractivity contribution in [3.63, 3.8) is 0 Å². The first-order valence-corrected chi connectivity index (χ1v) is 11.9. The van der Waals surface area contributed by atoms with Gasteiger partial charge in [-0.15, -0.1) is 0 Å². The molecular formula is C22H21N6O4S+. The standard InChI is InChI=1S/C22H20N6O4S/c29-21-19-8-9-23-12-20(19)25-22(26-21)32-17-11-24-27(15-17)13-16-5-4-10-28(14-16)33(30,31)18-6-2-1-3-7-18/h1-3,6-9,11-13,15-16H,4-5,10,14H2/p+1. The van der Waals surface area contributed by atoms with Crippen LogP contribution in [0, 0.1) is 5.92 Å². The molecule has 0 bridgehead atoms. The Morgan fingerprint density at radius 3 is 2.91 bits per heavy atom. The zero-order valence-electron chi connectivity index (χ0n) is 17.5. The second-order valence-corrected chi connectivity index (χ2v) is 9.69. The minimum Gasteiger partial charge on any atom is -0.417 e. The van der Waals surface area contributed by atoms with Gasteiger partial charge in [0.2, 0.25) is 22.0 Å². The van der Waals surface area contributed by atoms with Gasteiger partial charge in [-0.2, -0.15) is 9.29 Å². The molecule has 1 atom stereocenters. The van der Waals surface area contributed by atoms with Crippen LogP contribution >= 0.6 is 0 Å². The van der Waals surface area contributed by atoms with Crippen molar-refractivity contribution < 1.29 is 17.8 Å². The van der Waals surface area contributed by atoms with E-state index in [-0.39, 0.29) is 17.5 Å². The second-order valence-electron chi connectivity index (χ2n) is 7.75. The average molecular weight is 466 g/mol. The van der Waals surface area contributed by atoms with E-state index in [0.717, 1.165) is 12.8 Å².